The SMILES string of the molecule is O=C(NC1CCN(Cc2cccc(-c3ccc(F)c(F)c3)c2)CC1)c1ccccc1Cl. The fourth-order valence-electron chi connectivity index (χ4n) is 3.93. The highest BCUT2D eigenvalue weighted by atomic mass is 35.5. The summed E-state index contributed by atoms with van der Waals surface area (Å²) in [5.74, 6) is -1.82. The summed E-state index contributed by atoms with van der Waals surface area (Å²) in [4.78, 5) is 14.8. The van der Waals surface area contributed by atoms with Crippen molar-refractivity contribution in [1.82, 2.24) is 10.2 Å². The molecule has 0 unspecified atom stereocenters. The molecule has 1 N–H and O–H groups in total. The molecule has 0 atom stereocenters. The minimum absolute atomic E-state index is 0.119. The van der Waals surface area contributed by atoms with Crippen LogP contribution in [-0.4, -0.2) is 29.9 Å². The largest absolute Gasteiger partial charge is 0.349 e. The standard InChI is InChI=1S/C25H23ClF2N2O/c26-22-7-2-1-6-21(22)25(31)29-20-10-12-30(13-11-20)16-17-4-3-5-18(14-17)19-8-9-23(27)24(28)15-19/h1-9,14-15,20H,10-13,16H2,(H,29,31). The van der Waals surface area contributed by atoms with Crippen LogP contribution in [0.4, 0.5) is 8.78 Å². The number of amides is 1. The van der Waals surface area contributed by atoms with E-state index in [2.05, 4.69) is 10.2 Å². The second-order valence-electron chi connectivity index (χ2n) is 7.83. The molecular weight excluding hydrogens is 418 g/mol. The third kappa shape index (κ3) is 5.30. The Morgan fingerprint density at radius 2 is 1.68 bits per heavy atom. The third-order valence-corrected chi connectivity index (χ3v) is 5.96. The summed E-state index contributed by atoms with van der Waals surface area (Å²) < 4.78 is 26.8. The summed E-state index contributed by atoms with van der Waals surface area (Å²) in [6.07, 6.45) is 1.72. The van der Waals surface area contributed by atoms with E-state index >= 15 is 0 Å². The van der Waals surface area contributed by atoms with E-state index < -0.39 is 11.6 Å². The zero-order chi connectivity index (χ0) is 21.8. The van der Waals surface area contributed by atoms with Crippen LogP contribution in [0.3, 0.4) is 0 Å². The molecule has 1 fully saturated rings. The Bertz CT molecular complexity index is 1080. The smallest absolute Gasteiger partial charge is 0.253 e. The fraction of sp³-hybridized carbons (Fsp3) is 0.240. The van der Waals surface area contributed by atoms with Gasteiger partial charge in [0.2, 0.25) is 0 Å². The van der Waals surface area contributed by atoms with Gasteiger partial charge in [0.15, 0.2) is 11.6 Å². The molecule has 0 radical (unpaired) electrons. The number of piperidine rings is 1. The van der Waals surface area contributed by atoms with Gasteiger partial charge >= 0.3 is 0 Å². The van der Waals surface area contributed by atoms with E-state index in [9.17, 15) is 13.6 Å². The number of nitrogens with one attached hydrogen (secondary N) is 1. The van der Waals surface area contributed by atoms with Gasteiger partial charge in [-0.3, -0.25) is 9.69 Å². The summed E-state index contributed by atoms with van der Waals surface area (Å²) in [6, 6.07) is 19.0. The maximum Gasteiger partial charge on any atom is 0.253 e. The number of hydrogen-bond donors (Lipinski definition) is 1. The first-order chi connectivity index (χ1) is 15.0. The summed E-state index contributed by atoms with van der Waals surface area (Å²) in [5, 5.41) is 3.54. The first kappa shape index (κ1) is 21.5. The van der Waals surface area contributed by atoms with E-state index in [1.807, 2.05) is 24.3 Å². The van der Waals surface area contributed by atoms with Gasteiger partial charge in [-0.2, -0.15) is 0 Å². The van der Waals surface area contributed by atoms with Gasteiger partial charge in [-0.1, -0.05) is 48.0 Å². The van der Waals surface area contributed by atoms with Crippen LogP contribution >= 0.6 is 11.6 Å². The normalized spacial score (nSPS) is 15.1. The topological polar surface area (TPSA) is 32.3 Å². The van der Waals surface area contributed by atoms with Crippen molar-refractivity contribution in [2.75, 3.05) is 13.1 Å². The summed E-state index contributed by atoms with van der Waals surface area (Å²) >= 11 is 6.12. The average Bonchev–Trinajstić information content (AvgIpc) is 2.77. The van der Waals surface area contributed by atoms with Gasteiger partial charge in [-0.05, 0) is 59.9 Å². The summed E-state index contributed by atoms with van der Waals surface area (Å²) in [5.41, 5.74) is 3.13. The van der Waals surface area contributed by atoms with Crippen LogP contribution in [0.1, 0.15) is 28.8 Å². The molecule has 3 aromatic rings. The molecule has 0 saturated carbocycles. The Hall–Kier alpha value is -2.76. The first-order valence-electron chi connectivity index (χ1n) is 10.3. The number of carbonyl (C=O) groups is 1. The summed E-state index contributed by atoms with van der Waals surface area (Å²) in [6.45, 7) is 2.49. The molecule has 0 bridgehead atoms. The lowest BCUT2D eigenvalue weighted by Gasteiger charge is -2.32. The molecule has 1 amide bonds. The lowest BCUT2D eigenvalue weighted by atomic mass is 10.0. The molecule has 0 aromatic heterocycles. The van der Waals surface area contributed by atoms with Crippen molar-refractivity contribution in [3.05, 3.63) is 94.5 Å². The van der Waals surface area contributed by atoms with Gasteiger partial charge in [0, 0.05) is 25.7 Å². The second-order valence-corrected chi connectivity index (χ2v) is 8.24. The Morgan fingerprint density at radius 1 is 0.935 bits per heavy atom. The van der Waals surface area contributed by atoms with Crippen LogP contribution < -0.4 is 5.32 Å². The van der Waals surface area contributed by atoms with E-state index in [4.69, 9.17) is 11.6 Å². The first-order valence-corrected chi connectivity index (χ1v) is 10.7. The quantitative estimate of drug-likeness (QED) is 0.553. The van der Waals surface area contributed by atoms with E-state index in [0.29, 0.717) is 16.1 Å². The van der Waals surface area contributed by atoms with Crippen molar-refractivity contribution >= 4 is 17.5 Å². The van der Waals surface area contributed by atoms with E-state index in [1.165, 1.54) is 6.07 Å². The minimum atomic E-state index is -0.844. The van der Waals surface area contributed by atoms with Gasteiger partial charge in [0.05, 0.1) is 10.6 Å². The molecular formula is C25H23ClF2N2O. The molecule has 3 aromatic carbocycles. The van der Waals surface area contributed by atoms with Gasteiger partial charge in [0.25, 0.3) is 5.91 Å². The highest BCUT2D eigenvalue weighted by molar-refractivity contribution is 6.33. The predicted octanol–water partition coefficient (Wildman–Crippen LogP) is 5.68. The van der Waals surface area contributed by atoms with E-state index in [-0.39, 0.29) is 11.9 Å². The van der Waals surface area contributed by atoms with Crippen molar-refractivity contribution in [3.8, 4) is 11.1 Å². The van der Waals surface area contributed by atoms with Crippen LogP contribution in [0.15, 0.2) is 66.7 Å². The molecule has 160 valence electrons. The number of likely N-dealkylation sites (tertiary alicyclic amines) is 1. The lowest BCUT2D eigenvalue weighted by molar-refractivity contribution is 0.0909. The molecule has 6 heteroatoms. The summed E-state index contributed by atoms with van der Waals surface area (Å²) in [7, 11) is 0. The van der Waals surface area contributed by atoms with Gasteiger partial charge < -0.3 is 5.32 Å². The van der Waals surface area contributed by atoms with Crippen molar-refractivity contribution < 1.29 is 13.6 Å². The molecule has 4 rings (SSSR count). The maximum atomic E-state index is 13.6. The molecule has 0 spiro atoms. The number of nitrogens with zero attached hydrogens (tertiary/aromatic N) is 1. The lowest BCUT2D eigenvalue weighted by Crippen LogP contribution is -2.44. The average molecular weight is 441 g/mol. The van der Waals surface area contributed by atoms with Gasteiger partial charge in [-0.25, -0.2) is 8.78 Å². The van der Waals surface area contributed by atoms with E-state index in [1.54, 1.807) is 30.3 Å². The van der Waals surface area contributed by atoms with Crippen LogP contribution in [0.5, 0.6) is 0 Å². The van der Waals surface area contributed by atoms with Gasteiger partial charge in [-0.15, -0.1) is 0 Å². The number of halogens is 3. The number of rotatable bonds is 5. The molecule has 31 heavy (non-hydrogen) atoms. The third-order valence-electron chi connectivity index (χ3n) is 5.63. The zero-order valence-electron chi connectivity index (χ0n) is 17.0. The van der Waals surface area contributed by atoms with E-state index in [0.717, 1.165) is 49.7 Å². The second kappa shape index (κ2) is 9.58. The van der Waals surface area contributed by atoms with Crippen molar-refractivity contribution in [3.63, 3.8) is 0 Å². The molecule has 1 saturated heterocycles. The Labute approximate surface area is 185 Å². The molecule has 1 aliphatic rings. The number of carbonyl (C=O) groups excluding carboxylic acids is 1. The molecule has 1 aliphatic heterocycles. The highest BCUT2D eigenvalue weighted by Crippen LogP contribution is 2.24. The molecule has 3 nitrogen and oxygen atoms in total. The van der Waals surface area contributed by atoms with Gasteiger partial charge in [0.1, 0.15) is 0 Å². The Kier molecular flexibility index (Phi) is 6.64. The Balaban J connectivity index is 1.33. The monoisotopic (exact) mass is 440 g/mol. The zero-order valence-corrected chi connectivity index (χ0v) is 17.7. The number of hydrogen-bond acceptors (Lipinski definition) is 2. The van der Waals surface area contributed by atoms with Crippen LogP contribution in [0, 0.1) is 11.6 Å². The molecule has 1 heterocycles. The van der Waals surface area contributed by atoms with Crippen molar-refractivity contribution in [1.29, 1.82) is 0 Å². The fourth-order valence-corrected chi connectivity index (χ4v) is 4.15. The van der Waals surface area contributed by atoms with Crippen LogP contribution in [-0.2, 0) is 6.54 Å². The Morgan fingerprint density at radius 3 is 2.42 bits per heavy atom. The van der Waals surface area contributed by atoms with Crippen LogP contribution in [0.25, 0.3) is 11.1 Å². The maximum absolute atomic E-state index is 13.6. The number of benzene rings is 3. The molecule has 0 aliphatic carbocycles. The minimum Gasteiger partial charge on any atom is -0.349 e. The van der Waals surface area contributed by atoms with Crippen molar-refractivity contribution in [2.45, 2.75) is 25.4 Å². The van der Waals surface area contributed by atoms with Crippen molar-refractivity contribution in [2.24, 2.45) is 0 Å². The predicted molar refractivity (Wildman–Crippen MR) is 119 cm³/mol. The highest BCUT2D eigenvalue weighted by Gasteiger charge is 2.22. The van der Waals surface area contributed by atoms with Crippen LogP contribution in [0.2, 0.25) is 5.02 Å².